The van der Waals surface area contributed by atoms with Gasteiger partial charge in [-0.25, -0.2) is 4.79 Å². The molecule has 6 N–H and O–H groups in total. The zero-order valence-corrected chi connectivity index (χ0v) is 14.2. The van der Waals surface area contributed by atoms with Gasteiger partial charge in [0.05, 0.1) is 17.4 Å². The highest BCUT2D eigenvalue weighted by molar-refractivity contribution is 6.35. The van der Waals surface area contributed by atoms with Crippen molar-refractivity contribution in [2.75, 3.05) is 5.32 Å². The number of anilines is 1. The van der Waals surface area contributed by atoms with Crippen molar-refractivity contribution in [1.29, 1.82) is 0 Å². The van der Waals surface area contributed by atoms with Gasteiger partial charge in [-0.1, -0.05) is 23.2 Å². The average molecular weight is 388 g/mol. The van der Waals surface area contributed by atoms with Crippen molar-refractivity contribution in [1.82, 2.24) is 5.32 Å². The molecule has 1 aromatic carbocycles. The van der Waals surface area contributed by atoms with Crippen LogP contribution in [-0.4, -0.2) is 40.3 Å². The maximum atomic E-state index is 12.3. The molecule has 5 unspecified atom stereocenters. The molecule has 2 amide bonds. The number of carbonyl (C=O) groups excluding carboxylic acids is 1. The zero-order valence-electron chi connectivity index (χ0n) is 12.7. The van der Waals surface area contributed by atoms with Crippen LogP contribution < -0.4 is 16.4 Å². The summed E-state index contributed by atoms with van der Waals surface area (Å²) in [7, 11) is 0. The smallest absolute Gasteiger partial charge is 0.319 e. The summed E-state index contributed by atoms with van der Waals surface area (Å²) in [6.45, 7) is 0. The van der Waals surface area contributed by atoms with Gasteiger partial charge in [0.15, 0.2) is 0 Å². The summed E-state index contributed by atoms with van der Waals surface area (Å²) in [6, 6.07) is 1.69. The largest absolute Gasteiger partial charge is 0.481 e. The highest BCUT2D eigenvalue weighted by Crippen LogP contribution is 2.64. The quantitative estimate of drug-likeness (QED) is 0.531. The van der Waals surface area contributed by atoms with Crippen LogP contribution >= 0.6 is 23.2 Å². The number of carbonyl (C=O) groups is 3. The van der Waals surface area contributed by atoms with Crippen LogP contribution in [0.25, 0.3) is 0 Å². The first kappa shape index (κ1) is 17.8. The van der Waals surface area contributed by atoms with E-state index in [-0.39, 0.29) is 6.42 Å². The molecule has 0 heterocycles. The third-order valence-corrected chi connectivity index (χ3v) is 5.38. The van der Waals surface area contributed by atoms with E-state index in [1.54, 1.807) is 0 Å². The molecule has 5 atom stereocenters. The Morgan fingerprint density at radius 2 is 1.76 bits per heavy atom. The van der Waals surface area contributed by atoms with E-state index in [2.05, 4.69) is 10.6 Å². The number of aliphatic carboxylic acids is 2. The van der Waals surface area contributed by atoms with Gasteiger partial charge in [-0.3, -0.25) is 9.59 Å². The number of hydrogen-bond donors (Lipinski definition) is 5. The molecule has 3 rings (SSSR count). The molecule has 2 aliphatic rings. The van der Waals surface area contributed by atoms with E-state index in [0.717, 1.165) is 0 Å². The van der Waals surface area contributed by atoms with Gasteiger partial charge in [0.2, 0.25) is 0 Å². The summed E-state index contributed by atoms with van der Waals surface area (Å²) < 4.78 is 0. The predicted octanol–water partition coefficient (Wildman–Crippen LogP) is 1.62. The molecule has 10 heteroatoms. The van der Waals surface area contributed by atoms with E-state index in [1.807, 2.05) is 0 Å². The van der Waals surface area contributed by atoms with E-state index in [4.69, 9.17) is 28.9 Å². The van der Waals surface area contributed by atoms with Crippen molar-refractivity contribution < 1.29 is 24.6 Å². The number of amides is 2. The molecule has 0 bridgehead atoms. The van der Waals surface area contributed by atoms with Gasteiger partial charge in [-0.15, -0.1) is 0 Å². The summed E-state index contributed by atoms with van der Waals surface area (Å²) in [5, 5.41) is 24.5. The number of benzene rings is 1. The number of carboxylic acid groups (broad SMARTS) is 2. The van der Waals surface area contributed by atoms with Crippen LogP contribution in [0.4, 0.5) is 10.5 Å². The number of nitrogens with two attached hydrogens (primary N) is 1. The topological polar surface area (TPSA) is 142 Å². The summed E-state index contributed by atoms with van der Waals surface area (Å²) in [5.74, 6) is -4.05. The molecule has 0 saturated heterocycles. The third-order valence-electron chi connectivity index (χ3n) is 4.94. The summed E-state index contributed by atoms with van der Waals surface area (Å²) >= 11 is 11.7. The first-order valence-corrected chi connectivity index (χ1v) is 8.18. The third kappa shape index (κ3) is 2.90. The van der Waals surface area contributed by atoms with Gasteiger partial charge in [0.25, 0.3) is 0 Å². The van der Waals surface area contributed by atoms with Gasteiger partial charge in [-0.2, -0.15) is 0 Å². The number of rotatable bonds is 4. The second-order valence-corrected chi connectivity index (χ2v) is 7.20. The Hall–Kier alpha value is -2.03. The number of carboxylic acids is 2. The van der Waals surface area contributed by atoms with Crippen molar-refractivity contribution in [2.24, 2.45) is 23.0 Å². The zero-order chi connectivity index (χ0) is 18.5. The molecule has 0 aliphatic heterocycles. The molecule has 2 fully saturated rings. The lowest BCUT2D eigenvalue weighted by molar-refractivity contribution is -0.146. The summed E-state index contributed by atoms with van der Waals surface area (Å²) in [6.07, 6.45) is 0.237. The van der Waals surface area contributed by atoms with Crippen molar-refractivity contribution >= 4 is 46.9 Å². The standard InChI is InChI=1S/C15H15Cl2N3O5/c16-5-1-6(17)3-7(2-5)19-14(25)20-11-9(12(21)22)10(18)8-4-15(8,11)13(23)24/h1-3,8-11H,4,18H2,(H,21,22)(H,23,24)(H2,19,20,25). The minimum atomic E-state index is -1.34. The molecule has 0 spiro atoms. The SMILES string of the molecule is NC1C(C(=O)O)C(NC(=O)Nc2cc(Cl)cc(Cl)c2)C2(C(=O)O)CC12. The van der Waals surface area contributed by atoms with E-state index >= 15 is 0 Å². The van der Waals surface area contributed by atoms with Crippen LogP contribution in [0.3, 0.4) is 0 Å². The van der Waals surface area contributed by atoms with Crippen LogP contribution in [0.1, 0.15) is 6.42 Å². The molecule has 134 valence electrons. The molecule has 1 aromatic rings. The molecule has 2 saturated carbocycles. The van der Waals surface area contributed by atoms with E-state index in [0.29, 0.717) is 15.7 Å². The lowest BCUT2D eigenvalue weighted by atomic mass is 9.89. The highest BCUT2D eigenvalue weighted by atomic mass is 35.5. The van der Waals surface area contributed by atoms with Gasteiger partial charge in [0.1, 0.15) is 0 Å². The number of fused-ring (bicyclic) bond motifs is 1. The number of urea groups is 1. The fourth-order valence-corrected chi connectivity index (χ4v) is 4.30. The van der Waals surface area contributed by atoms with E-state index in [1.165, 1.54) is 18.2 Å². The monoisotopic (exact) mass is 387 g/mol. The Labute approximate surface area is 152 Å². The fourth-order valence-electron chi connectivity index (χ4n) is 3.77. The van der Waals surface area contributed by atoms with Crippen LogP contribution in [0, 0.1) is 17.3 Å². The van der Waals surface area contributed by atoms with Crippen molar-refractivity contribution in [2.45, 2.75) is 18.5 Å². The van der Waals surface area contributed by atoms with Crippen molar-refractivity contribution in [3.8, 4) is 0 Å². The lowest BCUT2D eigenvalue weighted by Gasteiger charge is -2.26. The Balaban J connectivity index is 1.80. The van der Waals surface area contributed by atoms with Crippen molar-refractivity contribution in [3.63, 3.8) is 0 Å². The predicted molar refractivity (Wildman–Crippen MR) is 89.7 cm³/mol. The van der Waals surface area contributed by atoms with Crippen LogP contribution in [0.2, 0.25) is 10.0 Å². The average Bonchev–Trinajstić information content (AvgIpc) is 3.16. The Bertz CT molecular complexity index is 753. The minimum absolute atomic E-state index is 0.237. The first-order valence-electron chi connectivity index (χ1n) is 7.42. The molecule has 0 radical (unpaired) electrons. The Morgan fingerprint density at radius 1 is 1.16 bits per heavy atom. The number of hydrogen-bond acceptors (Lipinski definition) is 4. The molecule has 0 aromatic heterocycles. The molecule has 2 aliphatic carbocycles. The Morgan fingerprint density at radius 3 is 2.28 bits per heavy atom. The molecular weight excluding hydrogens is 373 g/mol. The van der Waals surface area contributed by atoms with Gasteiger partial charge >= 0.3 is 18.0 Å². The number of nitrogens with one attached hydrogen (secondary N) is 2. The van der Waals surface area contributed by atoms with Gasteiger partial charge < -0.3 is 26.6 Å². The fraction of sp³-hybridized carbons (Fsp3) is 0.400. The maximum Gasteiger partial charge on any atom is 0.319 e. The lowest BCUT2D eigenvalue weighted by Crippen LogP contribution is -2.52. The summed E-state index contributed by atoms with van der Waals surface area (Å²) in [4.78, 5) is 35.4. The molecule has 8 nitrogen and oxygen atoms in total. The van der Waals surface area contributed by atoms with E-state index in [9.17, 15) is 24.6 Å². The molecular formula is C15H15Cl2N3O5. The highest BCUT2D eigenvalue weighted by Gasteiger charge is 2.76. The normalized spacial score (nSPS) is 32.6. The van der Waals surface area contributed by atoms with Crippen LogP contribution in [-0.2, 0) is 9.59 Å². The second kappa shape index (κ2) is 6.05. The van der Waals surface area contributed by atoms with Crippen LogP contribution in [0.15, 0.2) is 18.2 Å². The van der Waals surface area contributed by atoms with Gasteiger partial charge in [0, 0.05) is 21.8 Å². The van der Waals surface area contributed by atoms with Gasteiger partial charge in [-0.05, 0) is 30.5 Å². The first-order chi connectivity index (χ1) is 11.7. The maximum absolute atomic E-state index is 12.3. The second-order valence-electron chi connectivity index (χ2n) is 6.33. The number of halogens is 2. The minimum Gasteiger partial charge on any atom is -0.481 e. The summed E-state index contributed by atoms with van der Waals surface area (Å²) in [5.41, 5.74) is 4.85. The van der Waals surface area contributed by atoms with Crippen molar-refractivity contribution in [3.05, 3.63) is 28.2 Å². The van der Waals surface area contributed by atoms with E-state index < -0.39 is 47.3 Å². The molecule has 25 heavy (non-hydrogen) atoms. The van der Waals surface area contributed by atoms with Crippen LogP contribution in [0.5, 0.6) is 0 Å². The Kier molecular flexibility index (Phi) is 4.30.